The Morgan fingerprint density at radius 2 is 2.33 bits per heavy atom. The monoisotopic (exact) mass is 241 g/mol. The Morgan fingerprint density at radius 3 is 3.17 bits per heavy atom. The van der Waals surface area contributed by atoms with Crippen LogP contribution >= 0.6 is 0 Å². The zero-order valence-electron chi connectivity index (χ0n) is 9.51. The van der Waals surface area contributed by atoms with E-state index in [0.29, 0.717) is 12.1 Å². The summed E-state index contributed by atoms with van der Waals surface area (Å²) < 4.78 is 4.94. The maximum atomic E-state index is 11.9. The van der Waals surface area contributed by atoms with Crippen LogP contribution in [-0.2, 0) is 6.54 Å². The van der Waals surface area contributed by atoms with E-state index in [1.54, 1.807) is 31.0 Å². The predicted octanol–water partition coefficient (Wildman–Crippen LogP) is 2.09. The van der Waals surface area contributed by atoms with Crippen molar-refractivity contribution in [1.29, 1.82) is 0 Å². The molecule has 0 bridgehead atoms. The van der Waals surface area contributed by atoms with Crippen LogP contribution in [0.2, 0.25) is 0 Å². The van der Waals surface area contributed by atoms with Gasteiger partial charge in [-0.3, -0.25) is 4.79 Å². The molecule has 2 aromatic heterocycles. The molecule has 5 nitrogen and oxygen atoms in total. The van der Waals surface area contributed by atoms with E-state index in [1.807, 2.05) is 12.1 Å². The molecular formula is C13H11N3O2. The Bertz CT molecular complexity index is 670. The smallest absolute Gasteiger partial charge is 0.251 e. The Morgan fingerprint density at radius 1 is 1.39 bits per heavy atom. The summed E-state index contributed by atoms with van der Waals surface area (Å²) in [5, 5.41) is 2.82. The van der Waals surface area contributed by atoms with Crippen LogP contribution in [0.1, 0.15) is 15.9 Å². The van der Waals surface area contributed by atoms with E-state index in [0.717, 1.165) is 16.6 Å². The van der Waals surface area contributed by atoms with E-state index in [9.17, 15) is 4.79 Å². The first kappa shape index (κ1) is 10.6. The maximum Gasteiger partial charge on any atom is 0.251 e. The predicted molar refractivity (Wildman–Crippen MR) is 66.0 cm³/mol. The lowest BCUT2D eigenvalue weighted by Gasteiger charge is -2.03. The van der Waals surface area contributed by atoms with Gasteiger partial charge in [-0.1, -0.05) is 0 Å². The second-order valence-electron chi connectivity index (χ2n) is 3.95. The van der Waals surface area contributed by atoms with Crippen molar-refractivity contribution >= 4 is 16.9 Å². The molecule has 0 aliphatic carbocycles. The minimum Gasteiger partial charge on any atom is -0.472 e. The normalized spacial score (nSPS) is 10.7. The number of carbonyl (C=O) groups is 1. The lowest BCUT2D eigenvalue weighted by atomic mass is 10.2. The number of hydrogen-bond acceptors (Lipinski definition) is 3. The van der Waals surface area contributed by atoms with Crippen LogP contribution in [-0.4, -0.2) is 15.9 Å². The fourth-order valence-electron chi connectivity index (χ4n) is 1.75. The van der Waals surface area contributed by atoms with Gasteiger partial charge in [0.15, 0.2) is 0 Å². The van der Waals surface area contributed by atoms with Crippen LogP contribution in [0.15, 0.2) is 47.5 Å². The zero-order valence-corrected chi connectivity index (χ0v) is 9.51. The SMILES string of the molecule is O=C(NCc1ccoc1)c1ccc2nc[nH]c2c1. The third-order valence-electron chi connectivity index (χ3n) is 2.72. The third-order valence-corrected chi connectivity index (χ3v) is 2.72. The fourth-order valence-corrected chi connectivity index (χ4v) is 1.75. The standard InChI is InChI=1S/C13H11N3O2/c17-13(14-6-9-3-4-18-7-9)10-1-2-11-12(5-10)16-8-15-11/h1-5,7-8H,6H2,(H,14,17)(H,15,16). The van der Waals surface area contributed by atoms with Crippen molar-refractivity contribution in [3.05, 3.63) is 54.2 Å². The first-order valence-corrected chi connectivity index (χ1v) is 5.55. The fraction of sp³-hybridized carbons (Fsp3) is 0.0769. The van der Waals surface area contributed by atoms with Gasteiger partial charge in [0, 0.05) is 17.7 Å². The zero-order chi connectivity index (χ0) is 12.4. The molecule has 2 heterocycles. The summed E-state index contributed by atoms with van der Waals surface area (Å²) in [6.07, 6.45) is 4.80. The summed E-state index contributed by atoms with van der Waals surface area (Å²) >= 11 is 0. The maximum absolute atomic E-state index is 11.9. The van der Waals surface area contributed by atoms with Crippen molar-refractivity contribution in [3.8, 4) is 0 Å². The van der Waals surface area contributed by atoms with E-state index >= 15 is 0 Å². The molecule has 0 unspecified atom stereocenters. The van der Waals surface area contributed by atoms with E-state index in [4.69, 9.17) is 4.42 Å². The minimum atomic E-state index is -0.118. The lowest BCUT2D eigenvalue weighted by molar-refractivity contribution is 0.0951. The van der Waals surface area contributed by atoms with Gasteiger partial charge in [-0.2, -0.15) is 0 Å². The highest BCUT2D eigenvalue weighted by molar-refractivity contribution is 5.97. The third kappa shape index (κ3) is 1.98. The van der Waals surface area contributed by atoms with Gasteiger partial charge >= 0.3 is 0 Å². The molecule has 2 N–H and O–H groups in total. The van der Waals surface area contributed by atoms with Gasteiger partial charge in [0.25, 0.3) is 5.91 Å². The molecule has 0 atom stereocenters. The summed E-state index contributed by atoms with van der Waals surface area (Å²) in [5.74, 6) is -0.118. The molecule has 1 aromatic carbocycles. The second kappa shape index (κ2) is 4.37. The van der Waals surface area contributed by atoms with Crippen LogP contribution in [0.4, 0.5) is 0 Å². The van der Waals surface area contributed by atoms with E-state index in [1.165, 1.54) is 0 Å². The van der Waals surface area contributed by atoms with Crippen LogP contribution in [0.3, 0.4) is 0 Å². The number of fused-ring (bicyclic) bond motifs is 1. The van der Waals surface area contributed by atoms with Crippen molar-refractivity contribution in [2.24, 2.45) is 0 Å². The van der Waals surface area contributed by atoms with Gasteiger partial charge in [0.05, 0.1) is 29.9 Å². The average Bonchev–Trinajstić information content (AvgIpc) is 3.05. The molecule has 0 aliphatic rings. The summed E-state index contributed by atoms with van der Waals surface area (Å²) in [4.78, 5) is 19.0. The number of nitrogens with zero attached hydrogens (tertiary/aromatic N) is 1. The molecular weight excluding hydrogens is 230 g/mol. The number of hydrogen-bond donors (Lipinski definition) is 2. The van der Waals surface area contributed by atoms with Crippen LogP contribution in [0.25, 0.3) is 11.0 Å². The number of amides is 1. The van der Waals surface area contributed by atoms with Gasteiger partial charge < -0.3 is 14.7 Å². The topological polar surface area (TPSA) is 70.9 Å². The molecule has 90 valence electrons. The molecule has 1 amide bonds. The molecule has 0 saturated carbocycles. The van der Waals surface area contributed by atoms with Crippen molar-refractivity contribution in [3.63, 3.8) is 0 Å². The summed E-state index contributed by atoms with van der Waals surface area (Å²) in [5.41, 5.74) is 3.24. The Hall–Kier alpha value is -2.56. The number of aromatic nitrogens is 2. The molecule has 3 aromatic rings. The second-order valence-corrected chi connectivity index (χ2v) is 3.95. The first-order chi connectivity index (χ1) is 8.83. The first-order valence-electron chi connectivity index (χ1n) is 5.55. The van der Waals surface area contributed by atoms with Gasteiger partial charge in [0.1, 0.15) is 0 Å². The molecule has 0 saturated heterocycles. The highest BCUT2D eigenvalue weighted by Gasteiger charge is 2.07. The Kier molecular flexibility index (Phi) is 2.57. The number of H-pyrrole nitrogens is 1. The number of carbonyl (C=O) groups excluding carboxylic acids is 1. The van der Waals surface area contributed by atoms with Crippen LogP contribution in [0.5, 0.6) is 0 Å². The molecule has 0 fully saturated rings. The average molecular weight is 241 g/mol. The van der Waals surface area contributed by atoms with Crippen LogP contribution in [0, 0.1) is 0 Å². The van der Waals surface area contributed by atoms with Gasteiger partial charge in [0.2, 0.25) is 0 Å². The van der Waals surface area contributed by atoms with Crippen molar-refractivity contribution in [1.82, 2.24) is 15.3 Å². The van der Waals surface area contributed by atoms with Crippen LogP contribution < -0.4 is 5.32 Å². The molecule has 18 heavy (non-hydrogen) atoms. The molecule has 0 aliphatic heterocycles. The summed E-state index contributed by atoms with van der Waals surface area (Å²) in [7, 11) is 0. The summed E-state index contributed by atoms with van der Waals surface area (Å²) in [6.45, 7) is 0.455. The lowest BCUT2D eigenvalue weighted by Crippen LogP contribution is -2.22. The van der Waals surface area contributed by atoms with Crippen molar-refractivity contribution < 1.29 is 9.21 Å². The highest BCUT2D eigenvalue weighted by atomic mass is 16.3. The molecule has 3 rings (SSSR count). The molecule has 5 heteroatoms. The number of furan rings is 1. The quantitative estimate of drug-likeness (QED) is 0.737. The highest BCUT2D eigenvalue weighted by Crippen LogP contribution is 2.11. The van der Waals surface area contributed by atoms with Gasteiger partial charge in [-0.15, -0.1) is 0 Å². The van der Waals surface area contributed by atoms with E-state index < -0.39 is 0 Å². The number of benzene rings is 1. The van der Waals surface area contributed by atoms with Crippen molar-refractivity contribution in [2.45, 2.75) is 6.54 Å². The van der Waals surface area contributed by atoms with Gasteiger partial charge in [-0.25, -0.2) is 4.98 Å². The van der Waals surface area contributed by atoms with E-state index in [-0.39, 0.29) is 5.91 Å². The number of rotatable bonds is 3. The molecule has 0 radical (unpaired) electrons. The molecule has 0 spiro atoms. The Balaban J connectivity index is 1.75. The number of aromatic amines is 1. The number of imidazole rings is 1. The minimum absolute atomic E-state index is 0.118. The summed E-state index contributed by atoms with van der Waals surface area (Å²) in [6, 6.07) is 7.18. The number of nitrogens with one attached hydrogen (secondary N) is 2. The van der Waals surface area contributed by atoms with E-state index in [2.05, 4.69) is 15.3 Å². The van der Waals surface area contributed by atoms with Crippen molar-refractivity contribution in [2.75, 3.05) is 0 Å². The van der Waals surface area contributed by atoms with Gasteiger partial charge in [-0.05, 0) is 24.3 Å². The Labute approximate surface area is 103 Å². The largest absolute Gasteiger partial charge is 0.472 e.